The quantitative estimate of drug-likeness (QED) is 0.740. The standard InChI is InChI=1S/C13H17ClN6O/c1-6-4-17-8(7(2)10(6)21-3)5-18-12-9(15)11(14)19-13(16)20-12/h4H,5,15H2,1-3H3,(H3,16,18,19,20). The molecule has 5 N–H and O–H groups in total. The summed E-state index contributed by atoms with van der Waals surface area (Å²) in [5.41, 5.74) is 14.4. The third kappa shape index (κ3) is 3.08. The molecule has 2 aromatic heterocycles. The van der Waals surface area contributed by atoms with Gasteiger partial charge in [-0.05, 0) is 13.8 Å². The summed E-state index contributed by atoms with van der Waals surface area (Å²) in [6.45, 7) is 4.30. The van der Waals surface area contributed by atoms with Crippen LogP contribution in [-0.4, -0.2) is 22.1 Å². The molecule has 0 spiro atoms. The number of anilines is 3. The molecule has 21 heavy (non-hydrogen) atoms. The van der Waals surface area contributed by atoms with Crippen molar-refractivity contribution in [2.24, 2.45) is 0 Å². The molecule has 2 rings (SSSR count). The highest BCUT2D eigenvalue weighted by Gasteiger charge is 2.12. The maximum absolute atomic E-state index is 5.87. The average molecular weight is 309 g/mol. The van der Waals surface area contributed by atoms with Crippen LogP contribution in [0.3, 0.4) is 0 Å². The van der Waals surface area contributed by atoms with Crippen molar-refractivity contribution >= 4 is 29.1 Å². The highest BCUT2D eigenvalue weighted by atomic mass is 35.5. The van der Waals surface area contributed by atoms with Crippen LogP contribution in [-0.2, 0) is 6.54 Å². The molecule has 2 aromatic rings. The van der Waals surface area contributed by atoms with E-state index in [1.54, 1.807) is 13.3 Å². The number of nitrogens with zero attached hydrogens (tertiary/aromatic N) is 3. The summed E-state index contributed by atoms with van der Waals surface area (Å²) in [4.78, 5) is 12.2. The maximum Gasteiger partial charge on any atom is 0.223 e. The van der Waals surface area contributed by atoms with Crippen molar-refractivity contribution in [3.63, 3.8) is 0 Å². The lowest BCUT2D eigenvalue weighted by atomic mass is 10.1. The highest BCUT2D eigenvalue weighted by molar-refractivity contribution is 6.32. The summed E-state index contributed by atoms with van der Waals surface area (Å²) in [5.74, 6) is 1.26. The Bertz CT molecular complexity index is 676. The van der Waals surface area contributed by atoms with Gasteiger partial charge in [-0.25, -0.2) is 0 Å². The lowest BCUT2D eigenvalue weighted by Gasteiger charge is -2.14. The van der Waals surface area contributed by atoms with Gasteiger partial charge in [0.1, 0.15) is 11.4 Å². The van der Waals surface area contributed by atoms with E-state index < -0.39 is 0 Å². The third-order valence-corrected chi connectivity index (χ3v) is 3.38. The molecule has 112 valence electrons. The maximum atomic E-state index is 5.87. The van der Waals surface area contributed by atoms with Crippen molar-refractivity contribution in [3.05, 3.63) is 28.2 Å². The first-order valence-electron chi connectivity index (χ1n) is 6.25. The van der Waals surface area contributed by atoms with Crippen LogP contribution in [0.25, 0.3) is 0 Å². The fraction of sp³-hybridized carbons (Fsp3) is 0.308. The van der Waals surface area contributed by atoms with E-state index in [2.05, 4.69) is 20.3 Å². The van der Waals surface area contributed by atoms with Crippen molar-refractivity contribution in [2.45, 2.75) is 20.4 Å². The number of aryl methyl sites for hydroxylation is 1. The highest BCUT2D eigenvalue weighted by Crippen LogP contribution is 2.27. The largest absolute Gasteiger partial charge is 0.496 e. The van der Waals surface area contributed by atoms with Gasteiger partial charge in [-0.3, -0.25) is 4.98 Å². The molecule has 0 bridgehead atoms. The van der Waals surface area contributed by atoms with Crippen molar-refractivity contribution in [2.75, 3.05) is 23.9 Å². The van der Waals surface area contributed by atoms with Gasteiger partial charge in [0, 0.05) is 17.3 Å². The summed E-state index contributed by atoms with van der Waals surface area (Å²) in [6, 6.07) is 0. The minimum atomic E-state index is 0.0582. The van der Waals surface area contributed by atoms with E-state index in [1.807, 2.05) is 13.8 Å². The summed E-state index contributed by atoms with van der Waals surface area (Å²) < 4.78 is 5.37. The van der Waals surface area contributed by atoms with Crippen LogP contribution >= 0.6 is 11.6 Å². The molecule has 0 aromatic carbocycles. The zero-order valence-corrected chi connectivity index (χ0v) is 12.8. The van der Waals surface area contributed by atoms with Crippen LogP contribution in [0.1, 0.15) is 16.8 Å². The van der Waals surface area contributed by atoms with Crippen molar-refractivity contribution in [3.8, 4) is 5.75 Å². The minimum absolute atomic E-state index is 0.0582. The molecule has 0 aliphatic carbocycles. The number of nitrogens with two attached hydrogens (primary N) is 2. The number of hydrogen-bond acceptors (Lipinski definition) is 7. The number of ether oxygens (including phenoxy) is 1. The van der Waals surface area contributed by atoms with Gasteiger partial charge in [-0.2, -0.15) is 9.97 Å². The first-order valence-corrected chi connectivity index (χ1v) is 6.63. The lowest BCUT2D eigenvalue weighted by Crippen LogP contribution is -2.10. The molecule has 0 amide bonds. The van der Waals surface area contributed by atoms with Crippen LogP contribution in [0.15, 0.2) is 6.20 Å². The minimum Gasteiger partial charge on any atom is -0.496 e. The summed E-state index contributed by atoms with van der Waals surface area (Å²) in [7, 11) is 1.63. The van der Waals surface area contributed by atoms with E-state index in [1.165, 1.54) is 0 Å². The molecule has 0 unspecified atom stereocenters. The fourth-order valence-corrected chi connectivity index (χ4v) is 2.19. The predicted octanol–water partition coefficient (Wildman–Crippen LogP) is 1.93. The molecule has 0 atom stereocenters. The van der Waals surface area contributed by atoms with Crippen LogP contribution in [0.5, 0.6) is 5.75 Å². The molecular formula is C13H17ClN6O. The molecular weight excluding hydrogens is 292 g/mol. The van der Waals surface area contributed by atoms with Gasteiger partial charge < -0.3 is 21.5 Å². The van der Waals surface area contributed by atoms with Gasteiger partial charge in [0.15, 0.2) is 11.0 Å². The Labute approximate surface area is 127 Å². The topological polar surface area (TPSA) is 112 Å². The number of aromatic nitrogens is 3. The molecule has 0 saturated carbocycles. The number of rotatable bonds is 4. The van der Waals surface area contributed by atoms with Crippen molar-refractivity contribution < 1.29 is 4.74 Å². The van der Waals surface area contributed by atoms with E-state index >= 15 is 0 Å². The number of halogens is 1. The van der Waals surface area contributed by atoms with Gasteiger partial charge in [-0.15, -0.1) is 0 Å². The van der Waals surface area contributed by atoms with Gasteiger partial charge >= 0.3 is 0 Å². The molecule has 0 radical (unpaired) electrons. The van der Waals surface area contributed by atoms with Crippen molar-refractivity contribution in [1.29, 1.82) is 0 Å². The third-order valence-electron chi connectivity index (χ3n) is 3.09. The smallest absolute Gasteiger partial charge is 0.223 e. The Kier molecular flexibility index (Phi) is 4.32. The SMILES string of the molecule is COc1c(C)cnc(CNc2nc(N)nc(Cl)c2N)c1C. The van der Waals surface area contributed by atoms with Crippen LogP contribution in [0, 0.1) is 13.8 Å². The fourth-order valence-electron chi connectivity index (χ4n) is 2.01. The molecule has 2 heterocycles. The second-order valence-corrected chi connectivity index (χ2v) is 4.89. The molecule has 0 saturated heterocycles. The number of methoxy groups -OCH3 is 1. The number of pyridine rings is 1. The second-order valence-electron chi connectivity index (χ2n) is 4.53. The van der Waals surface area contributed by atoms with Gasteiger partial charge in [0.2, 0.25) is 5.95 Å². The molecule has 0 aliphatic heterocycles. The number of nitrogens with one attached hydrogen (secondary N) is 1. The van der Waals surface area contributed by atoms with E-state index in [4.69, 9.17) is 27.8 Å². The second kappa shape index (κ2) is 6.01. The first-order chi connectivity index (χ1) is 9.93. The Morgan fingerprint density at radius 2 is 2.00 bits per heavy atom. The van der Waals surface area contributed by atoms with E-state index in [0.717, 1.165) is 22.6 Å². The van der Waals surface area contributed by atoms with E-state index in [0.29, 0.717) is 12.4 Å². The van der Waals surface area contributed by atoms with Gasteiger partial charge in [0.25, 0.3) is 0 Å². The Hall–Kier alpha value is -2.28. The summed E-state index contributed by atoms with van der Waals surface area (Å²) in [6.07, 6.45) is 1.76. The Morgan fingerprint density at radius 3 is 2.67 bits per heavy atom. The van der Waals surface area contributed by atoms with E-state index in [9.17, 15) is 0 Å². The van der Waals surface area contributed by atoms with Gasteiger partial charge in [-0.1, -0.05) is 11.6 Å². The summed E-state index contributed by atoms with van der Waals surface area (Å²) in [5, 5.41) is 3.19. The normalized spacial score (nSPS) is 10.5. The Balaban J connectivity index is 2.25. The monoisotopic (exact) mass is 308 g/mol. The Morgan fingerprint density at radius 1 is 1.29 bits per heavy atom. The predicted molar refractivity (Wildman–Crippen MR) is 83.5 cm³/mol. The molecule has 8 heteroatoms. The van der Waals surface area contributed by atoms with Crippen molar-refractivity contribution in [1.82, 2.24) is 15.0 Å². The number of nitrogen functional groups attached to an aromatic ring is 2. The summed E-state index contributed by atoms with van der Waals surface area (Å²) >= 11 is 5.87. The molecule has 7 nitrogen and oxygen atoms in total. The first kappa shape index (κ1) is 15.1. The van der Waals surface area contributed by atoms with Gasteiger partial charge in [0.05, 0.1) is 19.3 Å². The van der Waals surface area contributed by atoms with Crippen LogP contribution < -0.4 is 21.5 Å². The molecule has 0 aliphatic rings. The van der Waals surface area contributed by atoms with E-state index in [-0.39, 0.29) is 16.8 Å². The molecule has 0 fully saturated rings. The van der Waals surface area contributed by atoms with Crippen LogP contribution in [0.4, 0.5) is 17.5 Å². The zero-order chi connectivity index (χ0) is 15.6. The zero-order valence-electron chi connectivity index (χ0n) is 12.1. The number of hydrogen-bond donors (Lipinski definition) is 3. The average Bonchev–Trinajstić information content (AvgIpc) is 2.43. The van der Waals surface area contributed by atoms with Crippen LogP contribution in [0.2, 0.25) is 5.15 Å². The lowest BCUT2D eigenvalue weighted by molar-refractivity contribution is 0.407.